The van der Waals surface area contributed by atoms with Crippen molar-refractivity contribution in [2.75, 3.05) is 25.5 Å². The third kappa shape index (κ3) is 3.74. The molecule has 1 heterocycles. The summed E-state index contributed by atoms with van der Waals surface area (Å²) in [6, 6.07) is 7.45. The van der Waals surface area contributed by atoms with Gasteiger partial charge in [-0.1, -0.05) is 12.1 Å². The van der Waals surface area contributed by atoms with Gasteiger partial charge in [-0.15, -0.1) is 0 Å². The summed E-state index contributed by atoms with van der Waals surface area (Å²) >= 11 is 0. The number of carbonyl (C=O) groups is 2. The lowest BCUT2D eigenvalue weighted by Gasteiger charge is -2.21. The molecular formula is C16H22N2O3. The number of hydrogen-bond donors (Lipinski definition) is 1. The van der Waals surface area contributed by atoms with Gasteiger partial charge in [-0.05, 0) is 37.0 Å². The molecule has 21 heavy (non-hydrogen) atoms. The lowest BCUT2D eigenvalue weighted by Crippen LogP contribution is -2.40. The van der Waals surface area contributed by atoms with Crippen molar-refractivity contribution in [3.63, 3.8) is 0 Å². The van der Waals surface area contributed by atoms with Gasteiger partial charge < -0.3 is 14.9 Å². The first kappa shape index (κ1) is 15.4. The number of hydrogen-bond acceptors (Lipinski definition) is 3. The fourth-order valence-electron chi connectivity index (χ4n) is 2.68. The van der Waals surface area contributed by atoms with Gasteiger partial charge in [0.15, 0.2) is 0 Å². The number of carboxylic acid groups (broad SMARTS) is 1. The second kappa shape index (κ2) is 6.61. The number of aryl methyl sites for hydroxylation is 1. The molecule has 1 atom stereocenters. The van der Waals surface area contributed by atoms with Gasteiger partial charge in [-0.2, -0.15) is 0 Å². The summed E-state index contributed by atoms with van der Waals surface area (Å²) in [7, 11) is 3.97. The zero-order valence-corrected chi connectivity index (χ0v) is 12.6. The molecule has 2 rings (SSSR count). The summed E-state index contributed by atoms with van der Waals surface area (Å²) in [5.74, 6) is -0.951. The number of benzene rings is 1. The molecule has 1 aliphatic heterocycles. The number of carbonyl (C=O) groups excluding carboxylic acids is 1. The highest BCUT2D eigenvalue weighted by atomic mass is 16.4. The van der Waals surface area contributed by atoms with E-state index in [1.807, 2.05) is 43.3 Å². The third-order valence-corrected chi connectivity index (χ3v) is 3.94. The van der Waals surface area contributed by atoms with Gasteiger partial charge >= 0.3 is 5.97 Å². The summed E-state index contributed by atoms with van der Waals surface area (Å²) in [6.45, 7) is 0.565. The van der Waals surface area contributed by atoms with Crippen molar-refractivity contribution in [2.24, 2.45) is 0 Å². The zero-order valence-electron chi connectivity index (χ0n) is 12.6. The van der Waals surface area contributed by atoms with Crippen molar-refractivity contribution < 1.29 is 14.7 Å². The molecule has 114 valence electrons. The standard InChI is InChI=1S/C16H22N2O3/c1-17(2)13-8-5-12(6-9-13)7-10-15(19)18-11-3-4-14(18)16(20)21/h5-6,8-9,14H,3-4,7,10-11H2,1-2H3,(H,20,21)/t14-/m1/s1. The van der Waals surface area contributed by atoms with E-state index < -0.39 is 12.0 Å². The molecule has 0 radical (unpaired) electrons. The maximum atomic E-state index is 12.2. The topological polar surface area (TPSA) is 60.9 Å². The van der Waals surface area contributed by atoms with Gasteiger partial charge in [0.05, 0.1) is 0 Å². The fraction of sp³-hybridized carbons (Fsp3) is 0.500. The van der Waals surface area contributed by atoms with Crippen molar-refractivity contribution >= 4 is 17.6 Å². The summed E-state index contributed by atoms with van der Waals surface area (Å²) in [5, 5.41) is 9.10. The van der Waals surface area contributed by atoms with E-state index in [-0.39, 0.29) is 5.91 Å². The van der Waals surface area contributed by atoms with E-state index in [2.05, 4.69) is 0 Å². The average Bonchev–Trinajstić information content (AvgIpc) is 2.95. The average molecular weight is 290 g/mol. The van der Waals surface area contributed by atoms with E-state index in [9.17, 15) is 9.59 Å². The number of amides is 1. The number of carboxylic acids is 1. The molecule has 0 spiro atoms. The van der Waals surface area contributed by atoms with E-state index in [0.29, 0.717) is 25.8 Å². The molecule has 0 aromatic heterocycles. The molecule has 1 aromatic rings. The first-order valence-corrected chi connectivity index (χ1v) is 7.27. The van der Waals surface area contributed by atoms with Crippen LogP contribution in [-0.2, 0) is 16.0 Å². The third-order valence-electron chi connectivity index (χ3n) is 3.94. The second-order valence-electron chi connectivity index (χ2n) is 5.64. The van der Waals surface area contributed by atoms with Crippen LogP contribution in [0.5, 0.6) is 0 Å². The molecule has 0 aliphatic carbocycles. The molecule has 1 fully saturated rings. The van der Waals surface area contributed by atoms with Gasteiger partial charge in [-0.3, -0.25) is 4.79 Å². The van der Waals surface area contributed by atoms with Crippen LogP contribution in [0.3, 0.4) is 0 Å². The van der Waals surface area contributed by atoms with Crippen LogP contribution >= 0.6 is 0 Å². The Morgan fingerprint density at radius 1 is 1.29 bits per heavy atom. The monoisotopic (exact) mass is 290 g/mol. The van der Waals surface area contributed by atoms with Crippen molar-refractivity contribution in [1.82, 2.24) is 4.90 Å². The van der Waals surface area contributed by atoms with Crippen molar-refractivity contribution in [3.8, 4) is 0 Å². The number of rotatable bonds is 5. The molecule has 1 saturated heterocycles. The van der Waals surface area contributed by atoms with Crippen LogP contribution in [0.15, 0.2) is 24.3 Å². The minimum absolute atomic E-state index is 0.0587. The molecule has 5 nitrogen and oxygen atoms in total. The smallest absolute Gasteiger partial charge is 0.326 e. The highest BCUT2D eigenvalue weighted by Crippen LogP contribution is 2.19. The molecule has 1 N–H and O–H groups in total. The van der Waals surface area contributed by atoms with E-state index in [4.69, 9.17) is 5.11 Å². The summed E-state index contributed by atoms with van der Waals surface area (Å²) in [4.78, 5) is 26.8. The normalized spacial score (nSPS) is 17.8. The van der Waals surface area contributed by atoms with Crippen molar-refractivity contribution in [3.05, 3.63) is 29.8 Å². The molecule has 0 bridgehead atoms. The van der Waals surface area contributed by atoms with Crippen molar-refractivity contribution in [2.45, 2.75) is 31.7 Å². The minimum Gasteiger partial charge on any atom is -0.480 e. The van der Waals surface area contributed by atoms with E-state index in [0.717, 1.165) is 17.7 Å². The summed E-state index contributed by atoms with van der Waals surface area (Å²) < 4.78 is 0. The first-order chi connectivity index (χ1) is 9.99. The molecule has 5 heteroatoms. The Bertz CT molecular complexity index is 511. The molecule has 1 amide bonds. The maximum Gasteiger partial charge on any atom is 0.326 e. The Balaban J connectivity index is 1.90. The molecule has 1 aliphatic rings. The van der Waals surface area contributed by atoms with E-state index in [1.54, 1.807) is 0 Å². The summed E-state index contributed by atoms with van der Waals surface area (Å²) in [5.41, 5.74) is 2.22. The number of anilines is 1. The van der Waals surface area contributed by atoms with Crippen LogP contribution in [0, 0.1) is 0 Å². The Labute approximate surface area is 125 Å². The lowest BCUT2D eigenvalue weighted by molar-refractivity contribution is -0.148. The Morgan fingerprint density at radius 2 is 1.95 bits per heavy atom. The Kier molecular flexibility index (Phi) is 4.83. The molecule has 1 aromatic carbocycles. The first-order valence-electron chi connectivity index (χ1n) is 7.27. The van der Waals surface area contributed by atoms with Gasteiger partial charge in [0.1, 0.15) is 6.04 Å². The number of aliphatic carboxylic acids is 1. The quantitative estimate of drug-likeness (QED) is 0.897. The lowest BCUT2D eigenvalue weighted by atomic mass is 10.1. The Morgan fingerprint density at radius 3 is 2.52 bits per heavy atom. The van der Waals surface area contributed by atoms with E-state index >= 15 is 0 Å². The largest absolute Gasteiger partial charge is 0.480 e. The zero-order chi connectivity index (χ0) is 15.4. The van der Waals surface area contributed by atoms with Gasteiger partial charge in [0.2, 0.25) is 5.91 Å². The fourth-order valence-corrected chi connectivity index (χ4v) is 2.68. The molecule has 0 unspecified atom stereocenters. The number of nitrogens with zero attached hydrogens (tertiary/aromatic N) is 2. The molecular weight excluding hydrogens is 268 g/mol. The highest BCUT2D eigenvalue weighted by molar-refractivity contribution is 5.84. The maximum absolute atomic E-state index is 12.2. The van der Waals surface area contributed by atoms with Gasteiger partial charge in [0, 0.05) is 32.7 Å². The van der Waals surface area contributed by atoms with Crippen LogP contribution in [0.1, 0.15) is 24.8 Å². The predicted molar refractivity (Wildman–Crippen MR) is 81.5 cm³/mol. The number of likely N-dealkylation sites (tertiary alicyclic amines) is 1. The highest BCUT2D eigenvalue weighted by Gasteiger charge is 2.33. The second-order valence-corrected chi connectivity index (χ2v) is 5.64. The van der Waals surface area contributed by atoms with E-state index in [1.165, 1.54) is 4.90 Å². The SMILES string of the molecule is CN(C)c1ccc(CCC(=O)N2CCC[C@@H]2C(=O)O)cc1. The molecule has 0 saturated carbocycles. The van der Waals surface area contributed by atoms with Gasteiger partial charge in [0.25, 0.3) is 0 Å². The van der Waals surface area contributed by atoms with Crippen LogP contribution < -0.4 is 4.90 Å². The van der Waals surface area contributed by atoms with Crippen LogP contribution in [0.2, 0.25) is 0 Å². The minimum atomic E-state index is -0.892. The predicted octanol–water partition coefficient (Wildman–Crippen LogP) is 1.76. The van der Waals surface area contributed by atoms with Crippen LogP contribution in [-0.4, -0.2) is 48.6 Å². The van der Waals surface area contributed by atoms with Crippen LogP contribution in [0.4, 0.5) is 5.69 Å². The Hall–Kier alpha value is -2.04. The van der Waals surface area contributed by atoms with Crippen LogP contribution in [0.25, 0.3) is 0 Å². The van der Waals surface area contributed by atoms with Gasteiger partial charge in [-0.25, -0.2) is 4.79 Å². The summed E-state index contributed by atoms with van der Waals surface area (Å²) in [6.07, 6.45) is 2.36. The van der Waals surface area contributed by atoms with Crippen molar-refractivity contribution in [1.29, 1.82) is 0 Å².